The zero-order chi connectivity index (χ0) is 18.2. The fourth-order valence-corrected chi connectivity index (χ4v) is 3.27. The van der Waals surface area contributed by atoms with Gasteiger partial charge in [-0.2, -0.15) is 0 Å². The summed E-state index contributed by atoms with van der Waals surface area (Å²) >= 11 is 0. The van der Waals surface area contributed by atoms with Gasteiger partial charge in [0.1, 0.15) is 5.75 Å². The molecule has 1 fully saturated rings. The zero-order valence-electron chi connectivity index (χ0n) is 15.2. The molecule has 1 aromatic heterocycles. The summed E-state index contributed by atoms with van der Waals surface area (Å²) in [5.41, 5.74) is 1.64. The lowest BCUT2D eigenvalue weighted by Crippen LogP contribution is -2.36. The van der Waals surface area contributed by atoms with Crippen LogP contribution in [0, 0.1) is 0 Å². The maximum Gasteiger partial charge on any atom is 0.254 e. The van der Waals surface area contributed by atoms with Crippen LogP contribution < -0.4 is 15.4 Å². The minimum Gasteiger partial charge on any atom is -0.496 e. The molecule has 6 nitrogen and oxygen atoms in total. The summed E-state index contributed by atoms with van der Waals surface area (Å²) in [5.74, 6) is 1.32. The van der Waals surface area contributed by atoms with Crippen molar-refractivity contribution in [2.24, 2.45) is 0 Å². The summed E-state index contributed by atoms with van der Waals surface area (Å²) in [6, 6.07) is 8.23. The van der Waals surface area contributed by atoms with Crippen LogP contribution in [-0.2, 0) is 6.42 Å². The summed E-state index contributed by atoms with van der Waals surface area (Å²) in [6.07, 6.45) is 9.74. The molecule has 0 aliphatic heterocycles. The van der Waals surface area contributed by atoms with Gasteiger partial charge in [0, 0.05) is 25.0 Å². The highest BCUT2D eigenvalue weighted by atomic mass is 16.5. The average molecular weight is 354 g/mol. The van der Waals surface area contributed by atoms with Crippen LogP contribution in [-0.4, -0.2) is 35.6 Å². The molecule has 0 radical (unpaired) electrons. The molecule has 0 atom stereocenters. The molecular weight excluding hydrogens is 328 g/mol. The van der Waals surface area contributed by atoms with Gasteiger partial charge in [-0.05, 0) is 30.9 Å². The molecule has 6 heteroatoms. The Morgan fingerprint density at radius 2 is 1.88 bits per heavy atom. The van der Waals surface area contributed by atoms with E-state index in [0.29, 0.717) is 18.1 Å². The topological polar surface area (TPSA) is 76.1 Å². The standard InChI is InChI=1S/C20H26N4O2/c1-26-18-10-6-5-7-15(18)11-12-21-20-22-13-16(14-23-20)19(25)24-17-8-3-2-4-9-17/h5-7,10,13-14,17H,2-4,8-9,11-12H2,1H3,(H,24,25)(H,21,22,23). The highest BCUT2D eigenvalue weighted by Crippen LogP contribution is 2.18. The minimum atomic E-state index is -0.0857. The van der Waals surface area contributed by atoms with Crippen LogP contribution in [0.25, 0.3) is 0 Å². The largest absolute Gasteiger partial charge is 0.496 e. The molecule has 1 aromatic carbocycles. The number of hydrogen-bond donors (Lipinski definition) is 2. The molecule has 1 heterocycles. The number of anilines is 1. The first kappa shape index (κ1) is 18.2. The van der Waals surface area contributed by atoms with Crippen LogP contribution >= 0.6 is 0 Å². The van der Waals surface area contributed by atoms with Crippen LogP contribution in [0.15, 0.2) is 36.7 Å². The Hall–Kier alpha value is -2.63. The Labute approximate surface area is 154 Å². The van der Waals surface area contributed by atoms with Gasteiger partial charge >= 0.3 is 0 Å². The number of amides is 1. The van der Waals surface area contributed by atoms with Crippen LogP contribution in [0.4, 0.5) is 5.95 Å². The quantitative estimate of drug-likeness (QED) is 0.798. The lowest BCUT2D eigenvalue weighted by atomic mass is 9.95. The van der Waals surface area contributed by atoms with Crippen molar-refractivity contribution in [1.29, 1.82) is 0 Å². The Morgan fingerprint density at radius 3 is 2.62 bits per heavy atom. The summed E-state index contributed by atoms with van der Waals surface area (Å²) in [4.78, 5) is 20.8. The monoisotopic (exact) mass is 354 g/mol. The molecule has 0 spiro atoms. The summed E-state index contributed by atoms with van der Waals surface area (Å²) in [6.45, 7) is 0.688. The zero-order valence-corrected chi connectivity index (χ0v) is 15.2. The lowest BCUT2D eigenvalue weighted by molar-refractivity contribution is 0.0927. The van der Waals surface area contributed by atoms with Crippen molar-refractivity contribution >= 4 is 11.9 Å². The van der Waals surface area contributed by atoms with Gasteiger partial charge in [0.2, 0.25) is 5.95 Å². The third-order valence-corrected chi connectivity index (χ3v) is 4.72. The number of rotatable bonds is 7. The number of nitrogens with zero attached hydrogens (tertiary/aromatic N) is 2. The number of benzene rings is 1. The third-order valence-electron chi connectivity index (χ3n) is 4.72. The Kier molecular flexibility index (Phi) is 6.41. The minimum absolute atomic E-state index is 0.0857. The second-order valence-electron chi connectivity index (χ2n) is 6.59. The van der Waals surface area contributed by atoms with E-state index in [1.165, 1.54) is 19.3 Å². The Bertz CT molecular complexity index is 712. The van der Waals surface area contributed by atoms with Gasteiger partial charge < -0.3 is 15.4 Å². The average Bonchev–Trinajstić information content (AvgIpc) is 2.69. The molecule has 0 unspecified atom stereocenters. The molecule has 2 N–H and O–H groups in total. The van der Waals surface area contributed by atoms with Gasteiger partial charge in [0.05, 0.1) is 12.7 Å². The first-order valence-corrected chi connectivity index (χ1v) is 9.25. The number of methoxy groups -OCH3 is 1. The van der Waals surface area contributed by atoms with E-state index in [1.807, 2.05) is 24.3 Å². The van der Waals surface area contributed by atoms with Crippen molar-refractivity contribution in [3.05, 3.63) is 47.8 Å². The predicted molar refractivity (Wildman–Crippen MR) is 102 cm³/mol. The molecule has 2 aromatic rings. The molecule has 1 aliphatic rings. The number of aromatic nitrogens is 2. The fraction of sp³-hybridized carbons (Fsp3) is 0.450. The van der Waals surface area contributed by atoms with Crippen molar-refractivity contribution in [1.82, 2.24) is 15.3 Å². The van der Waals surface area contributed by atoms with Crippen LogP contribution in [0.3, 0.4) is 0 Å². The van der Waals surface area contributed by atoms with Crippen molar-refractivity contribution in [3.8, 4) is 5.75 Å². The normalized spacial score (nSPS) is 14.7. The molecule has 138 valence electrons. The number of carbonyl (C=O) groups is 1. The van der Waals surface area contributed by atoms with Gasteiger partial charge in [-0.25, -0.2) is 9.97 Å². The van der Waals surface area contributed by atoms with E-state index in [-0.39, 0.29) is 11.9 Å². The number of carbonyl (C=O) groups excluding carboxylic acids is 1. The van der Waals surface area contributed by atoms with Gasteiger partial charge in [-0.1, -0.05) is 37.5 Å². The molecule has 1 aliphatic carbocycles. The number of para-hydroxylation sites is 1. The highest BCUT2D eigenvalue weighted by Gasteiger charge is 2.17. The summed E-state index contributed by atoms with van der Waals surface area (Å²) in [5, 5.41) is 6.26. The first-order valence-electron chi connectivity index (χ1n) is 9.25. The van der Waals surface area contributed by atoms with Gasteiger partial charge in [0.15, 0.2) is 0 Å². The predicted octanol–water partition coefficient (Wildman–Crippen LogP) is 3.20. The van der Waals surface area contributed by atoms with E-state index in [0.717, 1.165) is 30.6 Å². The van der Waals surface area contributed by atoms with Crippen LogP contribution in [0.5, 0.6) is 5.75 Å². The Balaban J connectivity index is 1.48. The number of hydrogen-bond acceptors (Lipinski definition) is 5. The fourth-order valence-electron chi connectivity index (χ4n) is 3.27. The molecule has 3 rings (SSSR count). The van der Waals surface area contributed by atoms with Crippen molar-refractivity contribution in [2.75, 3.05) is 19.0 Å². The van der Waals surface area contributed by atoms with Crippen molar-refractivity contribution < 1.29 is 9.53 Å². The number of nitrogens with one attached hydrogen (secondary N) is 2. The van der Waals surface area contributed by atoms with Gasteiger partial charge in [-0.3, -0.25) is 4.79 Å². The maximum atomic E-state index is 12.3. The van der Waals surface area contributed by atoms with E-state index >= 15 is 0 Å². The van der Waals surface area contributed by atoms with E-state index in [1.54, 1.807) is 19.5 Å². The molecule has 0 bridgehead atoms. The molecular formula is C20H26N4O2. The molecule has 0 saturated heterocycles. The van der Waals surface area contributed by atoms with E-state index in [9.17, 15) is 4.79 Å². The molecule has 1 amide bonds. The number of ether oxygens (including phenoxy) is 1. The lowest BCUT2D eigenvalue weighted by Gasteiger charge is -2.22. The third kappa shape index (κ3) is 4.94. The first-order chi connectivity index (χ1) is 12.8. The van der Waals surface area contributed by atoms with Gasteiger partial charge in [0.25, 0.3) is 5.91 Å². The maximum absolute atomic E-state index is 12.3. The van der Waals surface area contributed by atoms with Crippen LogP contribution in [0.1, 0.15) is 48.0 Å². The van der Waals surface area contributed by atoms with Crippen LogP contribution in [0.2, 0.25) is 0 Å². The molecule has 26 heavy (non-hydrogen) atoms. The summed E-state index contributed by atoms with van der Waals surface area (Å²) in [7, 11) is 1.67. The molecule has 1 saturated carbocycles. The van der Waals surface area contributed by atoms with E-state index in [4.69, 9.17) is 4.74 Å². The summed E-state index contributed by atoms with van der Waals surface area (Å²) < 4.78 is 5.35. The highest BCUT2D eigenvalue weighted by molar-refractivity contribution is 5.93. The smallest absolute Gasteiger partial charge is 0.254 e. The SMILES string of the molecule is COc1ccccc1CCNc1ncc(C(=O)NC2CCCCC2)cn1. The second kappa shape index (κ2) is 9.17. The van der Waals surface area contributed by atoms with E-state index in [2.05, 4.69) is 20.6 Å². The Morgan fingerprint density at radius 1 is 1.15 bits per heavy atom. The second-order valence-corrected chi connectivity index (χ2v) is 6.59. The van der Waals surface area contributed by atoms with Gasteiger partial charge in [-0.15, -0.1) is 0 Å². The van der Waals surface area contributed by atoms with Crippen molar-refractivity contribution in [2.45, 2.75) is 44.6 Å². The van der Waals surface area contributed by atoms with E-state index < -0.39 is 0 Å². The van der Waals surface area contributed by atoms with Crippen molar-refractivity contribution in [3.63, 3.8) is 0 Å².